The number of nitrogens with zero attached hydrogens (tertiary/aromatic N) is 2. The molecule has 2 aromatic rings. The van der Waals surface area contributed by atoms with Crippen LogP contribution in [0.5, 0.6) is 0 Å². The van der Waals surface area contributed by atoms with E-state index in [9.17, 15) is 4.79 Å². The van der Waals surface area contributed by atoms with Crippen LogP contribution in [0.4, 0.5) is 0 Å². The molecule has 0 spiro atoms. The molecule has 0 bridgehead atoms. The highest BCUT2D eigenvalue weighted by Crippen LogP contribution is 2.17. The summed E-state index contributed by atoms with van der Waals surface area (Å²) in [7, 11) is 0. The van der Waals surface area contributed by atoms with E-state index < -0.39 is 0 Å². The number of nitrogens with one attached hydrogen (secondary N) is 2. The number of rotatable bonds is 4. The summed E-state index contributed by atoms with van der Waals surface area (Å²) >= 11 is 0. The molecule has 5 nitrogen and oxygen atoms in total. The van der Waals surface area contributed by atoms with Gasteiger partial charge in [-0.05, 0) is 37.9 Å². The molecule has 5 heteroatoms. The van der Waals surface area contributed by atoms with E-state index >= 15 is 0 Å². The minimum absolute atomic E-state index is 0.122. The zero-order chi connectivity index (χ0) is 15.4. The van der Waals surface area contributed by atoms with Gasteiger partial charge >= 0.3 is 0 Å². The van der Waals surface area contributed by atoms with E-state index in [0.717, 1.165) is 30.6 Å². The smallest absolute Gasteiger partial charge is 0.223 e. The highest BCUT2D eigenvalue weighted by molar-refractivity contribution is 5.78. The number of amides is 1. The summed E-state index contributed by atoms with van der Waals surface area (Å²) in [6.45, 7) is 3.60. The van der Waals surface area contributed by atoms with Crippen LogP contribution in [0.15, 0.2) is 43.0 Å². The average Bonchev–Trinajstić information content (AvgIpc) is 3.07. The molecule has 1 amide bonds. The third-order valence-electron chi connectivity index (χ3n) is 4.22. The largest absolute Gasteiger partial charge is 0.352 e. The number of carbonyl (C=O) groups is 1. The fourth-order valence-electron chi connectivity index (χ4n) is 3.01. The number of hydrogen-bond acceptors (Lipinski definition) is 3. The van der Waals surface area contributed by atoms with Gasteiger partial charge in [0.1, 0.15) is 0 Å². The van der Waals surface area contributed by atoms with E-state index in [1.807, 2.05) is 35.0 Å². The molecule has 1 saturated heterocycles. The molecule has 0 aliphatic carbocycles. The highest BCUT2D eigenvalue weighted by atomic mass is 16.1. The van der Waals surface area contributed by atoms with Crippen molar-refractivity contribution < 1.29 is 4.79 Å². The van der Waals surface area contributed by atoms with Crippen molar-refractivity contribution in [3.05, 3.63) is 48.5 Å². The fourth-order valence-corrected chi connectivity index (χ4v) is 3.01. The van der Waals surface area contributed by atoms with Crippen molar-refractivity contribution in [1.29, 1.82) is 0 Å². The molecule has 0 unspecified atom stereocenters. The zero-order valence-electron chi connectivity index (χ0n) is 12.8. The molecule has 1 aliphatic rings. The molecule has 3 rings (SSSR count). The Balaban J connectivity index is 1.65. The van der Waals surface area contributed by atoms with Gasteiger partial charge in [-0.3, -0.25) is 4.79 Å². The monoisotopic (exact) mass is 298 g/mol. The van der Waals surface area contributed by atoms with Gasteiger partial charge in [0.2, 0.25) is 5.91 Å². The first-order valence-electron chi connectivity index (χ1n) is 7.81. The lowest BCUT2D eigenvalue weighted by molar-refractivity contribution is -0.126. The molecule has 22 heavy (non-hydrogen) atoms. The molecular weight excluding hydrogens is 276 g/mol. The minimum Gasteiger partial charge on any atom is -0.352 e. The number of piperidine rings is 1. The van der Waals surface area contributed by atoms with E-state index in [0.29, 0.717) is 12.6 Å². The van der Waals surface area contributed by atoms with Gasteiger partial charge in [-0.1, -0.05) is 18.2 Å². The summed E-state index contributed by atoms with van der Waals surface area (Å²) in [5.74, 6) is 0.283. The van der Waals surface area contributed by atoms with Crippen molar-refractivity contribution >= 4 is 5.91 Å². The van der Waals surface area contributed by atoms with Crippen molar-refractivity contribution in [3.63, 3.8) is 0 Å². The normalized spacial score (nSPS) is 21.5. The summed E-state index contributed by atoms with van der Waals surface area (Å²) in [5, 5.41) is 6.47. The molecular formula is C17H22N4O. The number of carbonyl (C=O) groups excluding carboxylic acids is 1. The number of para-hydroxylation sites is 1. The second kappa shape index (κ2) is 6.75. The maximum atomic E-state index is 12.4. The van der Waals surface area contributed by atoms with Crippen molar-refractivity contribution in [2.24, 2.45) is 5.92 Å². The molecule has 2 N–H and O–H groups in total. The first-order chi connectivity index (χ1) is 10.7. The molecule has 0 radical (unpaired) electrons. The minimum atomic E-state index is 0.122. The van der Waals surface area contributed by atoms with Crippen LogP contribution in [0.1, 0.15) is 25.3 Å². The Morgan fingerprint density at radius 1 is 1.45 bits per heavy atom. The highest BCUT2D eigenvalue weighted by Gasteiger charge is 2.24. The standard InChI is InChI=1S/C17H22N4O/c1-13-10-14(6-7-19-13)17(22)20-11-15-4-2-3-5-16(15)21-9-8-18-12-21/h2-5,8-9,12-14,19H,6-7,10-11H2,1H3,(H,20,22)/t13-,14-/m0/s1. The molecule has 1 aliphatic heterocycles. The van der Waals surface area contributed by atoms with Crippen molar-refractivity contribution in [1.82, 2.24) is 20.2 Å². The average molecular weight is 298 g/mol. The van der Waals surface area contributed by atoms with E-state index in [-0.39, 0.29) is 11.8 Å². The Bertz CT molecular complexity index is 623. The second-order valence-corrected chi connectivity index (χ2v) is 5.89. The van der Waals surface area contributed by atoms with Crippen LogP contribution in [-0.2, 0) is 11.3 Å². The SMILES string of the molecule is C[C@H]1C[C@@H](C(=O)NCc2ccccc2-n2ccnc2)CCN1. The van der Waals surface area contributed by atoms with Crippen LogP contribution >= 0.6 is 0 Å². The Kier molecular flexibility index (Phi) is 4.53. The first-order valence-corrected chi connectivity index (χ1v) is 7.81. The Morgan fingerprint density at radius 2 is 2.32 bits per heavy atom. The molecule has 1 aromatic heterocycles. The lowest BCUT2D eigenvalue weighted by Gasteiger charge is -2.27. The molecule has 1 fully saturated rings. The molecule has 0 saturated carbocycles. The second-order valence-electron chi connectivity index (χ2n) is 5.89. The van der Waals surface area contributed by atoms with Gasteiger partial charge in [0.15, 0.2) is 0 Å². The van der Waals surface area contributed by atoms with Crippen LogP contribution in [0, 0.1) is 5.92 Å². The van der Waals surface area contributed by atoms with Gasteiger partial charge in [-0.2, -0.15) is 0 Å². The van der Waals surface area contributed by atoms with Crippen LogP contribution in [-0.4, -0.2) is 28.0 Å². The first kappa shape index (κ1) is 14.8. The van der Waals surface area contributed by atoms with Gasteiger partial charge in [-0.25, -0.2) is 4.98 Å². The summed E-state index contributed by atoms with van der Waals surface area (Å²) in [4.78, 5) is 16.4. The van der Waals surface area contributed by atoms with E-state index in [4.69, 9.17) is 0 Å². The molecule has 1 aromatic carbocycles. The summed E-state index contributed by atoms with van der Waals surface area (Å²) in [6.07, 6.45) is 7.27. The number of aromatic nitrogens is 2. The third-order valence-corrected chi connectivity index (χ3v) is 4.22. The number of benzene rings is 1. The third kappa shape index (κ3) is 3.36. The lowest BCUT2D eigenvalue weighted by atomic mass is 9.92. The van der Waals surface area contributed by atoms with Gasteiger partial charge in [0, 0.05) is 30.9 Å². The molecule has 2 heterocycles. The number of hydrogen-bond donors (Lipinski definition) is 2. The van der Waals surface area contributed by atoms with Gasteiger partial charge in [0.05, 0.1) is 12.0 Å². The predicted octanol–water partition coefficient (Wildman–Crippen LogP) is 1.88. The van der Waals surface area contributed by atoms with Crippen molar-refractivity contribution in [3.8, 4) is 5.69 Å². The summed E-state index contributed by atoms with van der Waals surface area (Å²) in [5.41, 5.74) is 2.15. The lowest BCUT2D eigenvalue weighted by Crippen LogP contribution is -2.42. The van der Waals surface area contributed by atoms with Crippen molar-refractivity contribution in [2.75, 3.05) is 6.54 Å². The van der Waals surface area contributed by atoms with E-state index in [1.165, 1.54) is 0 Å². The summed E-state index contributed by atoms with van der Waals surface area (Å²) in [6, 6.07) is 8.49. The Hall–Kier alpha value is -2.14. The van der Waals surface area contributed by atoms with Gasteiger partial charge < -0.3 is 15.2 Å². The topological polar surface area (TPSA) is 59.0 Å². The van der Waals surface area contributed by atoms with Gasteiger partial charge in [-0.15, -0.1) is 0 Å². The Morgan fingerprint density at radius 3 is 3.09 bits per heavy atom. The van der Waals surface area contributed by atoms with Gasteiger partial charge in [0.25, 0.3) is 0 Å². The zero-order valence-corrected chi connectivity index (χ0v) is 12.8. The molecule has 116 valence electrons. The predicted molar refractivity (Wildman–Crippen MR) is 85.6 cm³/mol. The van der Waals surface area contributed by atoms with Crippen LogP contribution in [0.2, 0.25) is 0 Å². The fraction of sp³-hybridized carbons (Fsp3) is 0.412. The maximum absolute atomic E-state index is 12.4. The maximum Gasteiger partial charge on any atom is 0.223 e. The van der Waals surface area contributed by atoms with Crippen molar-refractivity contribution in [2.45, 2.75) is 32.4 Å². The quantitative estimate of drug-likeness (QED) is 0.906. The summed E-state index contributed by atoms with van der Waals surface area (Å²) < 4.78 is 1.97. The van der Waals surface area contributed by atoms with Crippen LogP contribution in [0.25, 0.3) is 5.69 Å². The van der Waals surface area contributed by atoms with Crippen LogP contribution < -0.4 is 10.6 Å². The van der Waals surface area contributed by atoms with Crippen LogP contribution in [0.3, 0.4) is 0 Å². The van der Waals surface area contributed by atoms with E-state index in [2.05, 4.69) is 22.5 Å². The Labute approximate surface area is 130 Å². The molecule has 2 atom stereocenters. The van der Waals surface area contributed by atoms with E-state index in [1.54, 1.807) is 12.5 Å². The number of imidazole rings is 1.